The van der Waals surface area contributed by atoms with Gasteiger partial charge in [0.1, 0.15) is 11.5 Å². The number of hydrogen-bond acceptors (Lipinski definition) is 3. The van der Waals surface area contributed by atoms with E-state index in [1.54, 1.807) is 6.26 Å². The van der Waals surface area contributed by atoms with Crippen molar-refractivity contribution in [1.82, 2.24) is 5.32 Å². The van der Waals surface area contributed by atoms with Crippen LogP contribution in [0.4, 0.5) is 0 Å². The second-order valence-electron chi connectivity index (χ2n) is 5.92. The minimum atomic E-state index is 0.203. The maximum Gasteiger partial charge on any atom is 0.119 e. The van der Waals surface area contributed by atoms with Crippen LogP contribution in [0.1, 0.15) is 45.1 Å². The summed E-state index contributed by atoms with van der Waals surface area (Å²) in [6.07, 6.45) is 1.91. The highest BCUT2D eigenvalue weighted by Gasteiger charge is 2.15. The standard InChI is InChI=1S/C18H25NO2/c1-13(2)18(19-12-17-6-5-11-20-17)15-7-9-16(10-8-15)21-14(3)4/h5-11,13-14,18-19H,12H2,1-4H3. The summed E-state index contributed by atoms with van der Waals surface area (Å²) in [4.78, 5) is 0. The van der Waals surface area contributed by atoms with E-state index in [1.165, 1.54) is 5.56 Å². The van der Waals surface area contributed by atoms with E-state index in [0.29, 0.717) is 12.0 Å². The zero-order chi connectivity index (χ0) is 15.2. The smallest absolute Gasteiger partial charge is 0.119 e. The molecule has 2 rings (SSSR count). The monoisotopic (exact) mass is 287 g/mol. The summed E-state index contributed by atoms with van der Waals surface area (Å²) in [6, 6.07) is 12.6. The molecule has 1 atom stereocenters. The lowest BCUT2D eigenvalue weighted by molar-refractivity contribution is 0.242. The Morgan fingerprint density at radius 2 is 1.76 bits per heavy atom. The lowest BCUT2D eigenvalue weighted by atomic mass is 9.96. The first-order chi connectivity index (χ1) is 10.1. The van der Waals surface area contributed by atoms with Gasteiger partial charge in [-0.05, 0) is 49.6 Å². The second kappa shape index (κ2) is 7.32. The van der Waals surface area contributed by atoms with Crippen molar-refractivity contribution in [2.75, 3.05) is 0 Å². The van der Waals surface area contributed by atoms with Crippen molar-refractivity contribution in [2.45, 2.75) is 46.4 Å². The molecule has 0 aliphatic heterocycles. The van der Waals surface area contributed by atoms with Crippen LogP contribution >= 0.6 is 0 Å². The average Bonchev–Trinajstić information content (AvgIpc) is 2.93. The molecule has 1 N–H and O–H groups in total. The minimum absolute atomic E-state index is 0.203. The number of hydrogen-bond donors (Lipinski definition) is 1. The molecular formula is C18H25NO2. The number of nitrogens with one attached hydrogen (secondary N) is 1. The summed E-state index contributed by atoms with van der Waals surface area (Å²) in [5.74, 6) is 2.37. The highest BCUT2D eigenvalue weighted by atomic mass is 16.5. The van der Waals surface area contributed by atoms with E-state index in [9.17, 15) is 0 Å². The van der Waals surface area contributed by atoms with Gasteiger partial charge in [0.05, 0.1) is 18.9 Å². The molecule has 0 saturated carbocycles. The van der Waals surface area contributed by atoms with Crippen LogP contribution in [0, 0.1) is 5.92 Å². The molecule has 1 unspecified atom stereocenters. The minimum Gasteiger partial charge on any atom is -0.491 e. The van der Waals surface area contributed by atoms with Crippen LogP contribution in [0.2, 0.25) is 0 Å². The Labute approximate surface area is 127 Å². The number of rotatable bonds is 7. The number of benzene rings is 1. The van der Waals surface area contributed by atoms with Crippen LogP contribution in [0.3, 0.4) is 0 Å². The van der Waals surface area contributed by atoms with Crippen molar-refractivity contribution in [1.29, 1.82) is 0 Å². The van der Waals surface area contributed by atoms with Crippen LogP contribution in [0.5, 0.6) is 5.75 Å². The van der Waals surface area contributed by atoms with E-state index < -0.39 is 0 Å². The molecule has 3 heteroatoms. The van der Waals surface area contributed by atoms with Gasteiger partial charge in [-0.2, -0.15) is 0 Å². The fourth-order valence-corrected chi connectivity index (χ4v) is 2.39. The van der Waals surface area contributed by atoms with Crippen LogP contribution in [-0.4, -0.2) is 6.10 Å². The van der Waals surface area contributed by atoms with Gasteiger partial charge in [0, 0.05) is 6.04 Å². The molecule has 1 aromatic heterocycles. The maximum atomic E-state index is 5.69. The van der Waals surface area contributed by atoms with Gasteiger partial charge >= 0.3 is 0 Å². The number of furan rings is 1. The lowest BCUT2D eigenvalue weighted by Gasteiger charge is -2.23. The summed E-state index contributed by atoms with van der Waals surface area (Å²) >= 11 is 0. The Kier molecular flexibility index (Phi) is 5.45. The largest absolute Gasteiger partial charge is 0.491 e. The molecule has 1 aromatic carbocycles. The van der Waals surface area contributed by atoms with Crippen molar-refractivity contribution in [3.63, 3.8) is 0 Å². The van der Waals surface area contributed by atoms with Crippen molar-refractivity contribution in [2.24, 2.45) is 5.92 Å². The van der Waals surface area contributed by atoms with Crippen LogP contribution in [-0.2, 0) is 6.54 Å². The van der Waals surface area contributed by atoms with Gasteiger partial charge in [-0.1, -0.05) is 26.0 Å². The summed E-state index contributed by atoms with van der Waals surface area (Å²) in [7, 11) is 0. The predicted octanol–water partition coefficient (Wildman–Crippen LogP) is 4.55. The van der Waals surface area contributed by atoms with Crippen LogP contribution < -0.4 is 10.1 Å². The fourth-order valence-electron chi connectivity index (χ4n) is 2.39. The van der Waals surface area contributed by atoms with Crippen LogP contribution in [0.25, 0.3) is 0 Å². The van der Waals surface area contributed by atoms with Gasteiger partial charge in [-0.3, -0.25) is 0 Å². The van der Waals surface area contributed by atoms with Gasteiger partial charge in [0.25, 0.3) is 0 Å². The van der Waals surface area contributed by atoms with Crippen molar-refractivity contribution in [3.8, 4) is 5.75 Å². The fraction of sp³-hybridized carbons (Fsp3) is 0.444. The van der Waals surface area contributed by atoms with E-state index in [-0.39, 0.29) is 6.10 Å². The molecule has 0 fully saturated rings. The van der Waals surface area contributed by atoms with Gasteiger partial charge in [-0.15, -0.1) is 0 Å². The molecule has 21 heavy (non-hydrogen) atoms. The first-order valence-electron chi connectivity index (χ1n) is 7.58. The molecule has 0 radical (unpaired) electrons. The zero-order valence-corrected chi connectivity index (χ0v) is 13.3. The highest BCUT2D eigenvalue weighted by Crippen LogP contribution is 2.24. The Morgan fingerprint density at radius 3 is 2.29 bits per heavy atom. The molecule has 0 bridgehead atoms. The first-order valence-corrected chi connectivity index (χ1v) is 7.58. The van der Waals surface area contributed by atoms with E-state index in [2.05, 4.69) is 31.3 Å². The normalized spacial score (nSPS) is 12.9. The van der Waals surface area contributed by atoms with E-state index in [1.807, 2.05) is 38.1 Å². The van der Waals surface area contributed by atoms with Crippen molar-refractivity contribution in [3.05, 3.63) is 54.0 Å². The molecule has 1 heterocycles. The maximum absolute atomic E-state index is 5.69. The van der Waals surface area contributed by atoms with Gasteiger partial charge in [0.2, 0.25) is 0 Å². The quantitative estimate of drug-likeness (QED) is 0.811. The summed E-state index contributed by atoms with van der Waals surface area (Å²) in [5, 5.41) is 3.56. The van der Waals surface area contributed by atoms with E-state index in [0.717, 1.165) is 18.1 Å². The van der Waals surface area contributed by atoms with Crippen molar-refractivity contribution < 1.29 is 9.15 Å². The number of ether oxygens (including phenoxy) is 1. The molecule has 2 aromatic rings. The SMILES string of the molecule is CC(C)Oc1ccc(C(NCc2ccco2)C(C)C)cc1. The molecule has 0 aliphatic rings. The van der Waals surface area contributed by atoms with Crippen LogP contribution in [0.15, 0.2) is 47.1 Å². The third-order valence-corrected chi connectivity index (χ3v) is 3.35. The average molecular weight is 287 g/mol. The van der Waals surface area contributed by atoms with Gasteiger partial charge < -0.3 is 14.5 Å². The zero-order valence-electron chi connectivity index (χ0n) is 13.3. The first kappa shape index (κ1) is 15.6. The molecular weight excluding hydrogens is 262 g/mol. The molecule has 0 amide bonds. The summed E-state index contributed by atoms with van der Waals surface area (Å²) in [5.41, 5.74) is 1.27. The van der Waals surface area contributed by atoms with Gasteiger partial charge in [0.15, 0.2) is 0 Å². The van der Waals surface area contributed by atoms with Crippen molar-refractivity contribution >= 4 is 0 Å². The topological polar surface area (TPSA) is 34.4 Å². The summed E-state index contributed by atoms with van der Waals surface area (Å²) in [6.45, 7) is 9.25. The molecule has 0 aliphatic carbocycles. The molecule has 0 spiro atoms. The van der Waals surface area contributed by atoms with E-state index in [4.69, 9.17) is 9.15 Å². The predicted molar refractivity (Wildman–Crippen MR) is 85.3 cm³/mol. The molecule has 114 valence electrons. The second-order valence-corrected chi connectivity index (χ2v) is 5.92. The third kappa shape index (κ3) is 4.64. The molecule has 0 saturated heterocycles. The van der Waals surface area contributed by atoms with Gasteiger partial charge in [-0.25, -0.2) is 0 Å². The Balaban J connectivity index is 2.03. The summed E-state index contributed by atoms with van der Waals surface area (Å²) < 4.78 is 11.1. The van der Waals surface area contributed by atoms with E-state index >= 15 is 0 Å². The lowest BCUT2D eigenvalue weighted by Crippen LogP contribution is -2.25. The Hall–Kier alpha value is -1.74. The Bertz CT molecular complexity index is 515. The third-order valence-electron chi connectivity index (χ3n) is 3.35. The highest BCUT2D eigenvalue weighted by molar-refractivity contribution is 5.29. The Morgan fingerprint density at radius 1 is 1.05 bits per heavy atom. The molecule has 3 nitrogen and oxygen atoms in total.